The first-order valence-corrected chi connectivity index (χ1v) is 4.73. The van der Waals surface area contributed by atoms with Crippen molar-refractivity contribution in [2.75, 3.05) is 6.54 Å². The van der Waals surface area contributed by atoms with E-state index in [1.54, 1.807) is 12.3 Å². The Morgan fingerprint density at radius 3 is 3.13 bits per heavy atom. The standard InChI is InChI=1S/C11H14N2O2/c1-2-4-10(12)11(14)13-7-6-9-5-3-8-15-9/h1,3,5,8,10H,4,6-7,12H2,(H,13,14). The number of nitrogens with two attached hydrogens (primary N) is 1. The van der Waals surface area contributed by atoms with Gasteiger partial charge in [-0.2, -0.15) is 0 Å². The molecule has 0 aliphatic rings. The van der Waals surface area contributed by atoms with Crippen molar-refractivity contribution in [3.05, 3.63) is 24.2 Å². The molecule has 15 heavy (non-hydrogen) atoms. The van der Waals surface area contributed by atoms with Crippen molar-refractivity contribution >= 4 is 5.91 Å². The van der Waals surface area contributed by atoms with Crippen molar-refractivity contribution in [2.24, 2.45) is 5.73 Å². The number of carbonyl (C=O) groups excluding carboxylic acids is 1. The van der Waals surface area contributed by atoms with Crippen LogP contribution >= 0.6 is 0 Å². The van der Waals surface area contributed by atoms with E-state index < -0.39 is 6.04 Å². The molecule has 0 saturated heterocycles. The minimum absolute atomic E-state index is 0.223. The first-order chi connectivity index (χ1) is 7.24. The van der Waals surface area contributed by atoms with E-state index >= 15 is 0 Å². The molecule has 0 bridgehead atoms. The number of carbonyl (C=O) groups is 1. The summed E-state index contributed by atoms with van der Waals surface area (Å²) in [7, 11) is 0. The Kier molecular flexibility index (Phi) is 4.45. The Bertz CT molecular complexity index is 338. The summed E-state index contributed by atoms with van der Waals surface area (Å²) in [6.07, 6.45) is 7.56. The van der Waals surface area contributed by atoms with E-state index in [2.05, 4.69) is 11.2 Å². The first-order valence-electron chi connectivity index (χ1n) is 4.73. The molecule has 0 fully saturated rings. The van der Waals surface area contributed by atoms with Gasteiger partial charge in [-0.15, -0.1) is 12.3 Å². The molecule has 0 spiro atoms. The van der Waals surface area contributed by atoms with Crippen molar-refractivity contribution in [3.63, 3.8) is 0 Å². The smallest absolute Gasteiger partial charge is 0.237 e. The van der Waals surface area contributed by atoms with Crippen molar-refractivity contribution in [1.82, 2.24) is 5.32 Å². The average molecular weight is 206 g/mol. The molecule has 1 aromatic heterocycles. The van der Waals surface area contributed by atoms with Gasteiger partial charge in [-0.25, -0.2) is 0 Å². The molecule has 1 unspecified atom stereocenters. The van der Waals surface area contributed by atoms with Gasteiger partial charge in [-0.05, 0) is 12.1 Å². The molecule has 1 amide bonds. The van der Waals surface area contributed by atoms with Crippen molar-refractivity contribution in [2.45, 2.75) is 18.9 Å². The minimum atomic E-state index is -0.619. The van der Waals surface area contributed by atoms with Gasteiger partial charge in [0.15, 0.2) is 0 Å². The van der Waals surface area contributed by atoms with Crippen LogP contribution in [0.3, 0.4) is 0 Å². The van der Waals surface area contributed by atoms with Crippen molar-refractivity contribution < 1.29 is 9.21 Å². The Morgan fingerprint density at radius 2 is 2.53 bits per heavy atom. The summed E-state index contributed by atoms with van der Waals surface area (Å²) in [6.45, 7) is 0.505. The number of nitrogens with one attached hydrogen (secondary N) is 1. The molecule has 0 saturated carbocycles. The van der Waals surface area contributed by atoms with E-state index in [9.17, 15) is 4.79 Å². The molecule has 4 heteroatoms. The fourth-order valence-corrected chi connectivity index (χ4v) is 1.11. The second-order valence-electron chi connectivity index (χ2n) is 3.14. The normalized spacial score (nSPS) is 11.7. The molecule has 3 N–H and O–H groups in total. The van der Waals surface area contributed by atoms with Crippen LogP contribution in [0, 0.1) is 12.3 Å². The lowest BCUT2D eigenvalue weighted by Gasteiger charge is -2.08. The third kappa shape index (κ3) is 3.88. The predicted octanol–water partition coefficient (Wildman–Crippen LogP) is 0.289. The van der Waals surface area contributed by atoms with E-state index in [0.717, 1.165) is 5.76 Å². The maximum absolute atomic E-state index is 11.3. The number of amides is 1. The van der Waals surface area contributed by atoms with Crippen molar-refractivity contribution in [1.29, 1.82) is 0 Å². The summed E-state index contributed by atoms with van der Waals surface area (Å²) < 4.78 is 5.11. The number of hydrogen-bond acceptors (Lipinski definition) is 3. The highest BCUT2D eigenvalue weighted by Gasteiger charge is 2.10. The maximum atomic E-state index is 11.3. The monoisotopic (exact) mass is 206 g/mol. The third-order valence-corrected chi connectivity index (χ3v) is 1.93. The lowest BCUT2D eigenvalue weighted by atomic mass is 10.2. The van der Waals surface area contributed by atoms with Gasteiger partial charge in [0.25, 0.3) is 0 Å². The molecule has 80 valence electrons. The molecule has 0 aliphatic heterocycles. The van der Waals surface area contributed by atoms with Crippen LogP contribution in [0.2, 0.25) is 0 Å². The van der Waals surface area contributed by atoms with Crippen LogP contribution in [0.15, 0.2) is 22.8 Å². The minimum Gasteiger partial charge on any atom is -0.469 e. The predicted molar refractivity (Wildman–Crippen MR) is 56.8 cm³/mol. The topological polar surface area (TPSA) is 68.3 Å². The Hall–Kier alpha value is -1.73. The zero-order valence-electron chi connectivity index (χ0n) is 8.40. The van der Waals surface area contributed by atoms with Crippen molar-refractivity contribution in [3.8, 4) is 12.3 Å². The molecule has 0 aromatic carbocycles. The summed E-state index contributed by atoms with van der Waals surface area (Å²) in [5.74, 6) is 2.96. The molecule has 4 nitrogen and oxygen atoms in total. The van der Waals surface area contributed by atoms with Gasteiger partial charge in [-0.1, -0.05) is 0 Å². The van der Waals surface area contributed by atoms with Crippen LogP contribution < -0.4 is 11.1 Å². The Balaban J connectivity index is 2.20. The molecular formula is C11H14N2O2. The zero-order chi connectivity index (χ0) is 11.1. The van der Waals surface area contributed by atoms with Gasteiger partial charge in [0, 0.05) is 19.4 Å². The molecule has 1 rings (SSSR count). The molecule has 1 atom stereocenters. The molecule has 0 aliphatic carbocycles. The Morgan fingerprint density at radius 1 is 1.73 bits per heavy atom. The van der Waals surface area contributed by atoms with E-state index in [1.165, 1.54) is 0 Å². The van der Waals surface area contributed by atoms with Crippen LogP contribution in [-0.2, 0) is 11.2 Å². The fraction of sp³-hybridized carbons (Fsp3) is 0.364. The second kappa shape index (κ2) is 5.89. The van der Waals surface area contributed by atoms with E-state index in [0.29, 0.717) is 13.0 Å². The number of furan rings is 1. The molecule has 1 heterocycles. The quantitative estimate of drug-likeness (QED) is 0.680. The average Bonchev–Trinajstić information content (AvgIpc) is 2.71. The highest BCUT2D eigenvalue weighted by molar-refractivity contribution is 5.81. The van der Waals surface area contributed by atoms with Gasteiger partial charge < -0.3 is 15.5 Å². The maximum Gasteiger partial charge on any atom is 0.237 e. The van der Waals surface area contributed by atoms with E-state index in [-0.39, 0.29) is 12.3 Å². The van der Waals surface area contributed by atoms with E-state index in [1.807, 2.05) is 6.07 Å². The lowest BCUT2D eigenvalue weighted by molar-refractivity contribution is -0.122. The SMILES string of the molecule is C#CCC(N)C(=O)NCCc1ccco1. The van der Waals surface area contributed by atoms with Crippen LogP contribution in [0.1, 0.15) is 12.2 Å². The number of rotatable bonds is 5. The van der Waals surface area contributed by atoms with Gasteiger partial charge in [0.05, 0.1) is 12.3 Å². The van der Waals surface area contributed by atoms with Gasteiger partial charge in [0.2, 0.25) is 5.91 Å². The number of terminal acetylenes is 1. The van der Waals surface area contributed by atoms with Crippen LogP contribution in [-0.4, -0.2) is 18.5 Å². The Labute approximate surface area is 88.8 Å². The van der Waals surface area contributed by atoms with Gasteiger partial charge >= 0.3 is 0 Å². The molecule has 1 aromatic rings. The van der Waals surface area contributed by atoms with Crippen LogP contribution in [0.4, 0.5) is 0 Å². The zero-order valence-corrected chi connectivity index (χ0v) is 8.40. The van der Waals surface area contributed by atoms with Gasteiger partial charge in [-0.3, -0.25) is 4.79 Å². The highest BCUT2D eigenvalue weighted by atomic mass is 16.3. The first kappa shape index (κ1) is 11.3. The lowest BCUT2D eigenvalue weighted by Crippen LogP contribution is -2.41. The molecular weight excluding hydrogens is 192 g/mol. The molecule has 0 radical (unpaired) electrons. The summed E-state index contributed by atoms with van der Waals surface area (Å²) in [5.41, 5.74) is 5.51. The summed E-state index contributed by atoms with van der Waals surface area (Å²) in [6, 6.07) is 3.04. The van der Waals surface area contributed by atoms with Gasteiger partial charge in [0.1, 0.15) is 5.76 Å². The number of hydrogen-bond donors (Lipinski definition) is 2. The fourth-order valence-electron chi connectivity index (χ4n) is 1.11. The van der Waals surface area contributed by atoms with Crippen LogP contribution in [0.5, 0.6) is 0 Å². The van der Waals surface area contributed by atoms with Crippen LogP contribution in [0.25, 0.3) is 0 Å². The third-order valence-electron chi connectivity index (χ3n) is 1.93. The highest BCUT2D eigenvalue weighted by Crippen LogP contribution is 1.99. The summed E-state index contributed by atoms with van der Waals surface area (Å²) in [4.78, 5) is 11.3. The second-order valence-corrected chi connectivity index (χ2v) is 3.14. The largest absolute Gasteiger partial charge is 0.469 e. The summed E-state index contributed by atoms with van der Waals surface area (Å²) >= 11 is 0. The summed E-state index contributed by atoms with van der Waals surface area (Å²) in [5, 5.41) is 2.69. The van der Waals surface area contributed by atoms with E-state index in [4.69, 9.17) is 16.6 Å².